The summed E-state index contributed by atoms with van der Waals surface area (Å²) >= 11 is 0. The maximum absolute atomic E-state index is 9.86. The first-order valence-electron chi connectivity index (χ1n) is 17.7. The Morgan fingerprint density at radius 3 is 1.57 bits per heavy atom. The largest absolute Gasteiger partial charge is 0.456 e. The van der Waals surface area contributed by atoms with Gasteiger partial charge in [0.1, 0.15) is 11.2 Å². The molecular weight excluding hydrogens is 663 g/mol. The zero-order valence-corrected chi connectivity index (χ0v) is 28.6. The van der Waals surface area contributed by atoms with Crippen molar-refractivity contribution in [3.05, 3.63) is 163 Å². The molecule has 0 atom stereocenters. The van der Waals surface area contributed by atoms with E-state index in [2.05, 4.69) is 71.1 Å². The van der Waals surface area contributed by atoms with Gasteiger partial charge in [-0.15, -0.1) is 0 Å². The molecule has 6 heteroatoms. The van der Waals surface area contributed by atoms with E-state index >= 15 is 0 Å². The Morgan fingerprint density at radius 1 is 0.444 bits per heavy atom. The summed E-state index contributed by atoms with van der Waals surface area (Å²) < 4.78 is 8.50. The van der Waals surface area contributed by atoms with Crippen molar-refractivity contribution >= 4 is 60.0 Å². The van der Waals surface area contributed by atoms with Gasteiger partial charge >= 0.3 is 0 Å². The molecule has 4 aromatic heterocycles. The van der Waals surface area contributed by atoms with Gasteiger partial charge in [-0.2, -0.15) is 10.5 Å². The average Bonchev–Trinajstić information content (AvgIpc) is 3.89. The maximum Gasteiger partial charge on any atom is 0.160 e. The standard InChI is InChI=1S/C48H25N5O/c49-26-28-15-18-34-38-23-33(24-39-35-19-16-29(27-50)22-41(35)53(47(38)39)40(34)21-28)44-45(30-9-3-1-4-10-30)51-48(52-46(44)31-11-5-2-6-12-31)32-17-20-37-36-13-7-8-14-42(36)54-43(37)25-32/h1-25H. The highest BCUT2D eigenvalue weighted by molar-refractivity contribution is 6.25. The molecule has 0 saturated carbocycles. The molecule has 0 aliphatic carbocycles. The monoisotopic (exact) mass is 687 g/mol. The van der Waals surface area contributed by atoms with E-state index in [1.54, 1.807) is 0 Å². The molecule has 0 radical (unpaired) electrons. The lowest BCUT2D eigenvalue weighted by molar-refractivity contribution is 0.669. The van der Waals surface area contributed by atoms with Crippen LogP contribution in [0.15, 0.2) is 156 Å². The predicted molar refractivity (Wildman–Crippen MR) is 215 cm³/mol. The molecule has 0 unspecified atom stereocenters. The first-order valence-corrected chi connectivity index (χ1v) is 17.7. The third kappa shape index (κ3) is 4.32. The molecule has 0 spiro atoms. The van der Waals surface area contributed by atoms with E-state index in [-0.39, 0.29) is 0 Å². The number of hydrogen-bond acceptors (Lipinski definition) is 5. The highest BCUT2D eigenvalue weighted by Crippen LogP contribution is 2.46. The van der Waals surface area contributed by atoms with Gasteiger partial charge in [-0.1, -0.05) is 97.1 Å². The Kier molecular flexibility index (Phi) is 6.28. The molecule has 6 nitrogen and oxygen atoms in total. The molecule has 11 rings (SSSR count). The van der Waals surface area contributed by atoms with Crippen LogP contribution in [0.1, 0.15) is 11.1 Å². The van der Waals surface area contributed by atoms with E-state index in [9.17, 15) is 10.5 Å². The first-order chi connectivity index (χ1) is 26.7. The topological polar surface area (TPSA) is 90.9 Å². The number of aromatic nitrogens is 3. The second-order valence-electron chi connectivity index (χ2n) is 13.6. The van der Waals surface area contributed by atoms with Crippen LogP contribution in [0.2, 0.25) is 0 Å². The van der Waals surface area contributed by atoms with Gasteiger partial charge < -0.3 is 8.82 Å². The SMILES string of the molecule is N#Cc1ccc2c3cc(-c4c(-c5ccccc5)nc(-c5ccc6c(c5)oc5ccccc56)nc4-c4ccccc4)cc4c5ccc(C#N)cc5n(c2c1)c34. The average molecular weight is 688 g/mol. The molecule has 0 aliphatic heterocycles. The van der Waals surface area contributed by atoms with Crippen LogP contribution in [-0.4, -0.2) is 14.4 Å². The Bertz CT molecular complexity index is 3240. The van der Waals surface area contributed by atoms with E-state index in [1.165, 1.54) is 0 Å². The van der Waals surface area contributed by atoms with Crippen LogP contribution >= 0.6 is 0 Å². The fraction of sp³-hybridized carbons (Fsp3) is 0. The fourth-order valence-electron chi connectivity index (χ4n) is 8.17. The molecule has 7 aromatic carbocycles. The van der Waals surface area contributed by atoms with Crippen molar-refractivity contribution in [1.29, 1.82) is 10.5 Å². The molecule has 0 amide bonds. The first kappa shape index (κ1) is 29.9. The lowest BCUT2D eigenvalue weighted by Gasteiger charge is -2.17. The normalized spacial score (nSPS) is 11.7. The van der Waals surface area contributed by atoms with Crippen LogP contribution in [0.3, 0.4) is 0 Å². The number of hydrogen-bond donors (Lipinski definition) is 0. The van der Waals surface area contributed by atoms with Crippen LogP contribution in [0.5, 0.6) is 0 Å². The molecule has 54 heavy (non-hydrogen) atoms. The Balaban J connectivity index is 1.26. The van der Waals surface area contributed by atoms with E-state index in [4.69, 9.17) is 14.4 Å². The number of rotatable bonds is 4. The molecular formula is C48H25N5O. The van der Waals surface area contributed by atoms with Gasteiger partial charge in [0, 0.05) is 54.6 Å². The lowest BCUT2D eigenvalue weighted by Crippen LogP contribution is -2.01. The quantitative estimate of drug-likeness (QED) is 0.184. The highest BCUT2D eigenvalue weighted by Gasteiger charge is 2.25. The zero-order chi connectivity index (χ0) is 35.9. The summed E-state index contributed by atoms with van der Waals surface area (Å²) in [6, 6.07) is 55.6. The molecule has 248 valence electrons. The molecule has 11 aromatic rings. The Hall–Kier alpha value is -7.80. The molecule has 0 fully saturated rings. The van der Waals surface area contributed by atoms with E-state index in [1.807, 2.05) is 97.1 Å². The van der Waals surface area contributed by atoms with Crippen LogP contribution in [-0.2, 0) is 0 Å². The van der Waals surface area contributed by atoms with Crippen LogP contribution in [0, 0.1) is 22.7 Å². The number of benzene rings is 7. The molecule has 0 bridgehead atoms. The third-order valence-electron chi connectivity index (χ3n) is 10.6. The maximum atomic E-state index is 9.86. The van der Waals surface area contributed by atoms with Crippen LogP contribution < -0.4 is 0 Å². The number of furan rings is 1. The zero-order valence-electron chi connectivity index (χ0n) is 28.6. The van der Waals surface area contributed by atoms with Crippen molar-refractivity contribution < 1.29 is 4.42 Å². The summed E-state index contributed by atoms with van der Waals surface area (Å²) in [5.41, 5.74) is 12.0. The van der Waals surface area contributed by atoms with Crippen LogP contribution in [0.25, 0.3) is 105 Å². The summed E-state index contributed by atoms with van der Waals surface area (Å²) in [6.45, 7) is 0. The van der Waals surface area contributed by atoms with Crippen molar-refractivity contribution in [1.82, 2.24) is 14.4 Å². The van der Waals surface area contributed by atoms with Crippen molar-refractivity contribution in [2.45, 2.75) is 0 Å². The van der Waals surface area contributed by atoms with Crippen molar-refractivity contribution in [3.8, 4) is 57.2 Å². The fourth-order valence-corrected chi connectivity index (χ4v) is 8.17. The number of nitriles is 2. The number of para-hydroxylation sites is 1. The summed E-state index contributed by atoms with van der Waals surface area (Å²) in [5.74, 6) is 0.597. The van der Waals surface area contributed by atoms with E-state index < -0.39 is 0 Å². The Labute approximate surface area is 308 Å². The lowest BCUT2D eigenvalue weighted by atomic mass is 9.92. The van der Waals surface area contributed by atoms with Gasteiger partial charge in [-0.05, 0) is 60.2 Å². The minimum Gasteiger partial charge on any atom is -0.456 e. The van der Waals surface area contributed by atoms with E-state index in [0.717, 1.165) is 99.2 Å². The van der Waals surface area contributed by atoms with E-state index in [0.29, 0.717) is 17.0 Å². The summed E-state index contributed by atoms with van der Waals surface area (Å²) in [4.78, 5) is 10.8. The van der Waals surface area contributed by atoms with Gasteiger partial charge in [0.05, 0.1) is 51.2 Å². The molecule has 0 N–H and O–H groups in total. The van der Waals surface area contributed by atoms with Gasteiger partial charge in [0.15, 0.2) is 5.82 Å². The summed E-state index contributed by atoms with van der Waals surface area (Å²) in [6.07, 6.45) is 0. The number of fused-ring (bicyclic) bond motifs is 9. The Morgan fingerprint density at radius 2 is 0.981 bits per heavy atom. The minimum atomic E-state index is 0.579. The highest BCUT2D eigenvalue weighted by atomic mass is 16.3. The van der Waals surface area contributed by atoms with Gasteiger partial charge in [0.25, 0.3) is 0 Å². The van der Waals surface area contributed by atoms with Crippen molar-refractivity contribution in [2.24, 2.45) is 0 Å². The third-order valence-corrected chi connectivity index (χ3v) is 10.6. The molecule has 0 aliphatic rings. The number of nitrogens with zero attached hydrogens (tertiary/aromatic N) is 5. The van der Waals surface area contributed by atoms with Gasteiger partial charge in [-0.3, -0.25) is 0 Å². The summed E-state index contributed by atoms with van der Waals surface area (Å²) in [5, 5.41) is 26.0. The van der Waals surface area contributed by atoms with Crippen molar-refractivity contribution in [3.63, 3.8) is 0 Å². The minimum absolute atomic E-state index is 0.579. The smallest absolute Gasteiger partial charge is 0.160 e. The second kappa shape index (κ2) is 11.4. The van der Waals surface area contributed by atoms with Crippen LogP contribution in [0.4, 0.5) is 0 Å². The molecule has 0 saturated heterocycles. The molecule has 4 heterocycles. The van der Waals surface area contributed by atoms with Gasteiger partial charge in [-0.25, -0.2) is 9.97 Å². The van der Waals surface area contributed by atoms with Crippen molar-refractivity contribution in [2.75, 3.05) is 0 Å². The predicted octanol–water partition coefficient (Wildman–Crippen LogP) is 11.9. The summed E-state index contributed by atoms with van der Waals surface area (Å²) in [7, 11) is 0. The second-order valence-corrected chi connectivity index (χ2v) is 13.6. The van der Waals surface area contributed by atoms with Gasteiger partial charge in [0.2, 0.25) is 0 Å².